The topological polar surface area (TPSA) is 12.0 Å². The summed E-state index contributed by atoms with van der Waals surface area (Å²) in [7, 11) is 0. The monoisotopic (exact) mass is 381 g/mol. The first-order chi connectivity index (χ1) is 10.3. The molecule has 0 heterocycles. The third-order valence-corrected chi connectivity index (χ3v) is 5.29. The Balaban J connectivity index is 0.00000132. The second kappa shape index (κ2) is 10.00. The summed E-state index contributed by atoms with van der Waals surface area (Å²) < 4.78 is 4.78. The van der Waals surface area contributed by atoms with Gasteiger partial charge in [0, 0.05) is 0 Å². The van der Waals surface area contributed by atoms with Crippen LogP contribution in [0, 0.1) is 0 Å². The van der Waals surface area contributed by atoms with Gasteiger partial charge in [-0.1, -0.05) is 0 Å². The van der Waals surface area contributed by atoms with Crippen molar-refractivity contribution < 1.29 is 19.4 Å². The SMILES string of the molecule is CC1=CCC(c2ccccc2[CH2][Ti][NH]c2ccccc2)=C1.Cl.Cl. The Hall–Kier alpha value is -0.986. The molecule has 0 saturated heterocycles. The average Bonchev–Trinajstić information content (AvgIpc) is 2.95. The van der Waals surface area contributed by atoms with Crippen LogP contribution in [0.25, 0.3) is 5.57 Å². The molecule has 4 heteroatoms. The molecule has 0 aliphatic heterocycles. The molecule has 1 N–H and O–H groups in total. The van der Waals surface area contributed by atoms with Gasteiger partial charge in [-0.25, -0.2) is 0 Å². The van der Waals surface area contributed by atoms with Gasteiger partial charge < -0.3 is 0 Å². The van der Waals surface area contributed by atoms with E-state index in [1.165, 1.54) is 32.7 Å². The zero-order chi connectivity index (χ0) is 14.5. The van der Waals surface area contributed by atoms with E-state index in [1.54, 1.807) is 0 Å². The van der Waals surface area contributed by atoms with Crippen LogP contribution in [0.15, 0.2) is 72.3 Å². The van der Waals surface area contributed by atoms with Gasteiger partial charge >= 0.3 is 136 Å². The van der Waals surface area contributed by atoms with Crippen LogP contribution in [0.1, 0.15) is 24.5 Å². The molecule has 23 heavy (non-hydrogen) atoms. The van der Waals surface area contributed by atoms with Gasteiger partial charge in [-0.05, 0) is 0 Å². The fraction of sp³-hybridized carbons (Fsp3) is 0.158. The van der Waals surface area contributed by atoms with E-state index >= 15 is 0 Å². The Morgan fingerprint density at radius 1 is 0.957 bits per heavy atom. The van der Waals surface area contributed by atoms with Gasteiger partial charge in [0.2, 0.25) is 0 Å². The standard InChI is InChI=1S/C13H13.C6H6N.2ClH.Ti/c1-10-7-8-12(9-10)13-6-4-3-5-11(13)2;7-6-4-2-1-3-5-6;;;/h3-7,9H,2,8H2,1H3;1-5,7H;2*1H;/q;-1;;;+1. The number of hydrogen-bond donors (Lipinski definition) is 1. The van der Waals surface area contributed by atoms with Crippen LogP contribution >= 0.6 is 24.8 Å². The van der Waals surface area contributed by atoms with E-state index in [0.717, 1.165) is 6.42 Å². The van der Waals surface area contributed by atoms with Gasteiger partial charge in [0.05, 0.1) is 0 Å². The molecule has 1 aliphatic carbocycles. The van der Waals surface area contributed by atoms with Gasteiger partial charge in [0.1, 0.15) is 0 Å². The quantitative estimate of drug-likeness (QED) is 0.638. The molecule has 0 aromatic heterocycles. The summed E-state index contributed by atoms with van der Waals surface area (Å²) in [6, 6.07) is 19.4. The fourth-order valence-electron chi connectivity index (χ4n) is 2.60. The predicted octanol–water partition coefficient (Wildman–Crippen LogP) is 5.87. The van der Waals surface area contributed by atoms with E-state index in [9.17, 15) is 0 Å². The van der Waals surface area contributed by atoms with Crippen molar-refractivity contribution in [3.63, 3.8) is 0 Å². The number of halogens is 2. The molecule has 120 valence electrons. The fourth-order valence-corrected chi connectivity index (χ4v) is 4.10. The number of allylic oxidation sites excluding steroid dienone is 4. The Labute approximate surface area is 160 Å². The largest absolute Gasteiger partial charge is 0.147 e. The molecule has 3 rings (SSSR count). The maximum absolute atomic E-state index is 3.61. The van der Waals surface area contributed by atoms with E-state index in [4.69, 9.17) is 0 Å². The van der Waals surface area contributed by atoms with Crippen LogP contribution in [0.4, 0.5) is 5.69 Å². The first kappa shape index (κ1) is 20.1. The number of nitrogens with one attached hydrogen (secondary N) is 1. The number of hydrogen-bond acceptors (Lipinski definition) is 1. The summed E-state index contributed by atoms with van der Waals surface area (Å²) in [6.07, 6.45) is 5.71. The van der Waals surface area contributed by atoms with Crippen molar-refractivity contribution in [2.24, 2.45) is 0 Å². The van der Waals surface area contributed by atoms with Crippen LogP contribution < -0.4 is 3.80 Å². The van der Waals surface area contributed by atoms with Crippen LogP contribution in [0.5, 0.6) is 0 Å². The van der Waals surface area contributed by atoms with E-state index in [0.29, 0.717) is 0 Å². The van der Waals surface area contributed by atoms with Crippen molar-refractivity contribution >= 4 is 36.1 Å². The summed E-state index contributed by atoms with van der Waals surface area (Å²) in [4.78, 5) is 0. The molecule has 0 bridgehead atoms. The molecule has 0 amide bonds. The Morgan fingerprint density at radius 2 is 1.65 bits per heavy atom. The minimum absolute atomic E-state index is 0. The number of anilines is 1. The van der Waals surface area contributed by atoms with E-state index in [2.05, 4.69) is 77.5 Å². The molecule has 1 nitrogen and oxygen atoms in total. The average molecular weight is 382 g/mol. The smallest absolute Gasteiger partial charge is 0.147 e. The molecule has 0 radical (unpaired) electrons. The molecular formula is C19H21Cl2NTi. The molecule has 2 aromatic rings. The molecule has 2 aromatic carbocycles. The summed E-state index contributed by atoms with van der Waals surface area (Å²) in [5.74, 6) is 0. The second-order valence-corrected chi connectivity index (χ2v) is 6.82. The minimum Gasteiger partial charge on any atom is -0.147 e. The third-order valence-electron chi connectivity index (χ3n) is 3.69. The van der Waals surface area contributed by atoms with Crippen molar-refractivity contribution in [1.29, 1.82) is 0 Å². The van der Waals surface area contributed by atoms with Gasteiger partial charge in [0.25, 0.3) is 0 Å². The maximum atomic E-state index is 3.61. The Morgan fingerprint density at radius 3 is 2.35 bits per heavy atom. The zero-order valence-corrected chi connectivity index (χ0v) is 16.3. The molecular weight excluding hydrogens is 361 g/mol. The molecule has 1 aliphatic rings. The summed E-state index contributed by atoms with van der Waals surface area (Å²) in [6.45, 7) is 2.18. The first-order valence-corrected chi connectivity index (χ1v) is 9.21. The first-order valence-electron chi connectivity index (χ1n) is 7.32. The van der Waals surface area contributed by atoms with Gasteiger partial charge in [-0.3, -0.25) is 0 Å². The predicted molar refractivity (Wildman–Crippen MR) is 101 cm³/mol. The van der Waals surface area contributed by atoms with E-state index in [1.807, 2.05) is 0 Å². The van der Waals surface area contributed by atoms with Crippen molar-refractivity contribution in [2.75, 3.05) is 3.80 Å². The number of rotatable bonds is 5. The van der Waals surface area contributed by atoms with Crippen LogP contribution in [0.3, 0.4) is 0 Å². The minimum atomic E-state index is -0.211. The molecule has 0 fully saturated rings. The van der Waals surface area contributed by atoms with Gasteiger partial charge in [-0.2, -0.15) is 0 Å². The maximum Gasteiger partial charge on any atom is -0.147 e. The molecule has 0 atom stereocenters. The van der Waals surface area contributed by atoms with Crippen molar-refractivity contribution in [1.82, 2.24) is 0 Å². The number of benzene rings is 2. The summed E-state index contributed by atoms with van der Waals surface area (Å²) in [5.41, 5.74) is 7.01. The van der Waals surface area contributed by atoms with Crippen molar-refractivity contribution in [3.8, 4) is 0 Å². The summed E-state index contributed by atoms with van der Waals surface area (Å²) in [5, 5.41) is 0. The van der Waals surface area contributed by atoms with Gasteiger partial charge in [-0.15, -0.1) is 24.8 Å². The zero-order valence-electron chi connectivity index (χ0n) is 13.1. The second-order valence-electron chi connectivity index (χ2n) is 5.32. The van der Waals surface area contributed by atoms with E-state index in [-0.39, 0.29) is 44.2 Å². The van der Waals surface area contributed by atoms with E-state index < -0.39 is 0 Å². The van der Waals surface area contributed by atoms with Crippen LogP contribution in [0.2, 0.25) is 0 Å². The van der Waals surface area contributed by atoms with Crippen molar-refractivity contribution in [2.45, 2.75) is 18.1 Å². The normalized spacial score (nSPS) is 12.4. The van der Waals surface area contributed by atoms with Crippen molar-refractivity contribution in [3.05, 3.63) is 83.4 Å². The molecule has 0 saturated carbocycles. The number of para-hydroxylation sites is 1. The Kier molecular flexibility index (Phi) is 8.72. The van der Waals surface area contributed by atoms with Crippen LogP contribution in [-0.2, 0) is 24.1 Å². The molecule has 0 unspecified atom stereocenters. The summed E-state index contributed by atoms with van der Waals surface area (Å²) >= 11 is -0.211. The van der Waals surface area contributed by atoms with Crippen LogP contribution in [-0.4, -0.2) is 0 Å². The van der Waals surface area contributed by atoms with Gasteiger partial charge in [0.15, 0.2) is 0 Å². The third kappa shape index (κ3) is 5.55. The molecule has 0 spiro atoms. The Bertz CT molecular complexity index is 681.